The Bertz CT molecular complexity index is 358. The van der Waals surface area contributed by atoms with Crippen LogP contribution in [0.3, 0.4) is 0 Å². The molecule has 1 aromatic rings. The Morgan fingerprint density at radius 1 is 1.05 bits per heavy atom. The number of unbranched alkanes of at least 4 members (excludes halogenated alkanes) is 2. The van der Waals surface area contributed by atoms with Crippen molar-refractivity contribution in [2.24, 2.45) is 0 Å². The van der Waals surface area contributed by atoms with E-state index in [2.05, 4.69) is 62.2 Å². The summed E-state index contributed by atoms with van der Waals surface area (Å²) in [6, 6.07) is 9.30. The summed E-state index contributed by atoms with van der Waals surface area (Å²) in [4.78, 5) is 2.46. The second-order valence-corrected chi connectivity index (χ2v) is 5.66. The van der Waals surface area contributed by atoms with Crippen molar-refractivity contribution in [1.29, 1.82) is 0 Å². The molecule has 1 unspecified atom stereocenters. The van der Waals surface area contributed by atoms with Gasteiger partial charge in [0.1, 0.15) is 0 Å². The first-order valence-electron chi connectivity index (χ1n) is 8.28. The minimum absolute atomic E-state index is 0.555. The number of anilines is 1. The Kier molecular flexibility index (Phi) is 8.36. The highest BCUT2D eigenvalue weighted by Crippen LogP contribution is 2.19. The number of rotatable bonds is 10. The minimum atomic E-state index is 0.555. The Labute approximate surface area is 125 Å². The van der Waals surface area contributed by atoms with Crippen LogP contribution < -0.4 is 5.32 Å². The van der Waals surface area contributed by atoms with Gasteiger partial charge in [0.15, 0.2) is 0 Å². The second kappa shape index (κ2) is 9.82. The molecule has 0 heterocycles. The molecule has 0 fully saturated rings. The van der Waals surface area contributed by atoms with Gasteiger partial charge >= 0.3 is 0 Å². The lowest BCUT2D eigenvalue weighted by atomic mass is 10.1. The van der Waals surface area contributed by atoms with Crippen LogP contribution in [0.4, 0.5) is 5.69 Å². The van der Waals surface area contributed by atoms with Crippen LogP contribution in [-0.4, -0.2) is 24.0 Å². The van der Waals surface area contributed by atoms with Crippen LogP contribution in [-0.2, 0) is 6.54 Å². The molecule has 1 N–H and O–H groups in total. The fourth-order valence-corrected chi connectivity index (χ4v) is 2.53. The number of benzene rings is 1. The standard InChI is InChI=1S/C18H32N2/c1-5-8-9-12-16(4)19-18-14-11-10-13-17(18)15-20(6-2)7-3/h10-11,13-14,16,19H,5-9,12,15H2,1-4H3. The molecule has 20 heavy (non-hydrogen) atoms. The van der Waals surface area contributed by atoms with Gasteiger partial charge in [0.05, 0.1) is 0 Å². The maximum Gasteiger partial charge on any atom is 0.0387 e. The maximum absolute atomic E-state index is 3.70. The Morgan fingerprint density at radius 2 is 1.75 bits per heavy atom. The molecule has 1 rings (SSSR count). The number of nitrogens with one attached hydrogen (secondary N) is 1. The maximum atomic E-state index is 3.70. The predicted octanol–water partition coefficient (Wildman–Crippen LogP) is 4.91. The topological polar surface area (TPSA) is 15.3 Å². The summed E-state index contributed by atoms with van der Waals surface area (Å²) in [5.74, 6) is 0. The van der Waals surface area contributed by atoms with Gasteiger partial charge in [-0.2, -0.15) is 0 Å². The summed E-state index contributed by atoms with van der Waals surface area (Å²) < 4.78 is 0. The smallest absolute Gasteiger partial charge is 0.0387 e. The van der Waals surface area contributed by atoms with Gasteiger partial charge < -0.3 is 5.32 Å². The lowest BCUT2D eigenvalue weighted by molar-refractivity contribution is 0.296. The first-order valence-corrected chi connectivity index (χ1v) is 8.28. The van der Waals surface area contributed by atoms with E-state index in [-0.39, 0.29) is 0 Å². The molecule has 1 atom stereocenters. The van der Waals surface area contributed by atoms with E-state index in [1.807, 2.05) is 0 Å². The Balaban J connectivity index is 2.60. The van der Waals surface area contributed by atoms with Crippen LogP contribution in [0.15, 0.2) is 24.3 Å². The first kappa shape index (κ1) is 17.0. The normalized spacial score (nSPS) is 12.7. The van der Waals surface area contributed by atoms with E-state index >= 15 is 0 Å². The molecule has 0 spiro atoms. The van der Waals surface area contributed by atoms with E-state index in [1.165, 1.54) is 36.9 Å². The molecular formula is C18H32N2. The van der Waals surface area contributed by atoms with Crippen molar-refractivity contribution in [1.82, 2.24) is 4.90 Å². The van der Waals surface area contributed by atoms with E-state index in [1.54, 1.807) is 0 Å². The third-order valence-electron chi connectivity index (χ3n) is 3.95. The molecular weight excluding hydrogens is 244 g/mol. The highest BCUT2D eigenvalue weighted by atomic mass is 15.1. The van der Waals surface area contributed by atoms with Crippen LogP contribution in [0.2, 0.25) is 0 Å². The molecule has 0 radical (unpaired) electrons. The average molecular weight is 276 g/mol. The predicted molar refractivity (Wildman–Crippen MR) is 90.3 cm³/mol. The van der Waals surface area contributed by atoms with Crippen molar-refractivity contribution < 1.29 is 0 Å². The zero-order valence-electron chi connectivity index (χ0n) is 13.8. The van der Waals surface area contributed by atoms with Gasteiger partial charge in [-0.05, 0) is 38.1 Å². The molecule has 114 valence electrons. The SMILES string of the molecule is CCCCCC(C)Nc1ccccc1CN(CC)CC. The summed E-state index contributed by atoms with van der Waals surface area (Å²) in [6.07, 6.45) is 5.22. The van der Waals surface area contributed by atoms with E-state index < -0.39 is 0 Å². The molecule has 0 aliphatic heterocycles. The van der Waals surface area contributed by atoms with Gasteiger partial charge in [-0.3, -0.25) is 4.90 Å². The number of nitrogens with zero attached hydrogens (tertiary/aromatic N) is 1. The van der Waals surface area contributed by atoms with E-state index in [9.17, 15) is 0 Å². The summed E-state index contributed by atoms with van der Waals surface area (Å²) in [7, 11) is 0. The number of hydrogen-bond donors (Lipinski definition) is 1. The molecule has 0 bridgehead atoms. The van der Waals surface area contributed by atoms with Gasteiger partial charge in [0, 0.05) is 18.3 Å². The highest BCUT2D eigenvalue weighted by Gasteiger charge is 2.08. The quantitative estimate of drug-likeness (QED) is 0.611. The van der Waals surface area contributed by atoms with Crippen molar-refractivity contribution in [3.63, 3.8) is 0 Å². The number of hydrogen-bond acceptors (Lipinski definition) is 2. The molecule has 0 aromatic heterocycles. The summed E-state index contributed by atoms with van der Waals surface area (Å²) in [5.41, 5.74) is 2.72. The van der Waals surface area contributed by atoms with Crippen molar-refractivity contribution >= 4 is 5.69 Å². The molecule has 0 saturated carbocycles. The third kappa shape index (κ3) is 5.96. The summed E-state index contributed by atoms with van der Waals surface area (Å²) >= 11 is 0. The summed E-state index contributed by atoms with van der Waals surface area (Å²) in [5, 5.41) is 3.70. The van der Waals surface area contributed by atoms with Crippen LogP contribution in [0.25, 0.3) is 0 Å². The summed E-state index contributed by atoms with van der Waals surface area (Å²) in [6.45, 7) is 12.3. The number of para-hydroxylation sites is 1. The molecule has 0 amide bonds. The first-order chi connectivity index (χ1) is 9.71. The van der Waals surface area contributed by atoms with Crippen molar-refractivity contribution in [3.8, 4) is 0 Å². The van der Waals surface area contributed by atoms with Crippen LogP contribution in [0.5, 0.6) is 0 Å². The molecule has 2 heteroatoms. The molecule has 0 aliphatic rings. The zero-order valence-corrected chi connectivity index (χ0v) is 13.8. The molecule has 0 saturated heterocycles. The fourth-order valence-electron chi connectivity index (χ4n) is 2.53. The van der Waals surface area contributed by atoms with Crippen molar-refractivity contribution in [3.05, 3.63) is 29.8 Å². The van der Waals surface area contributed by atoms with Crippen molar-refractivity contribution in [2.45, 2.75) is 66.0 Å². The van der Waals surface area contributed by atoms with Gasteiger partial charge in [0.25, 0.3) is 0 Å². The van der Waals surface area contributed by atoms with Crippen LogP contribution >= 0.6 is 0 Å². The molecule has 0 aliphatic carbocycles. The van der Waals surface area contributed by atoms with Crippen LogP contribution in [0.1, 0.15) is 58.9 Å². The lowest BCUT2D eigenvalue weighted by Crippen LogP contribution is -2.23. The minimum Gasteiger partial charge on any atom is -0.382 e. The van der Waals surface area contributed by atoms with Gasteiger partial charge in [-0.15, -0.1) is 0 Å². The Morgan fingerprint density at radius 3 is 2.40 bits per heavy atom. The second-order valence-electron chi connectivity index (χ2n) is 5.66. The largest absolute Gasteiger partial charge is 0.382 e. The van der Waals surface area contributed by atoms with E-state index in [4.69, 9.17) is 0 Å². The molecule has 1 aromatic carbocycles. The highest BCUT2D eigenvalue weighted by molar-refractivity contribution is 5.51. The van der Waals surface area contributed by atoms with Gasteiger partial charge in [-0.1, -0.05) is 58.2 Å². The van der Waals surface area contributed by atoms with E-state index in [0.29, 0.717) is 6.04 Å². The zero-order chi connectivity index (χ0) is 14.8. The average Bonchev–Trinajstić information content (AvgIpc) is 2.46. The van der Waals surface area contributed by atoms with Gasteiger partial charge in [-0.25, -0.2) is 0 Å². The van der Waals surface area contributed by atoms with Crippen LogP contribution in [0, 0.1) is 0 Å². The lowest BCUT2D eigenvalue weighted by Gasteiger charge is -2.22. The monoisotopic (exact) mass is 276 g/mol. The van der Waals surface area contributed by atoms with E-state index in [0.717, 1.165) is 19.6 Å². The Hall–Kier alpha value is -1.02. The third-order valence-corrected chi connectivity index (χ3v) is 3.95. The molecule has 2 nitrogen and oxygen atoms in total. The van der Waals surface area contributed by atoms with Crippen molar-refractivity contribution in [2.75, 3.05) is 18.4 Å². The fraction of sp³-hybridized carbons (Fsp3) is 0.667. The van der Waals surface area contributed by atoms with Gasteiger partial charge in [0.2, 0.25) is 0 Å².